The van der Waals surface area contributed by atoms with Gasteiger partial charge in [-0.25, -0.2) is 4.39 Å². The van der Waals surface area contributed by atoms with E-state index in [1.165, 1.54) is 6.07 Å². The Balaban J connectivity index is 1.76. The molecular weight excluding hydrogens is 452 g/mol. The van der Waals surface area contributed by atoms with Crippen LogP contribution in [0.2, 0.25) is 0 Å². The zero-order valence-corrected chi connectivity index (χ0v) is 18.4. The predicted octanol–water partition coefficient (Wildman–Crippen LogP) is 5.44. The van der Waals surface area contributed by atoms with Gasteiger partial charge in [0.1, 0.15) is 5.75 Å². The van der Waals surface area contributed by atoms with Crippen molar-refractivity contribution in [2.75, 3.05) is 14.1 Å². The molecule has 0 aliphatic carbocycles. The van der Waals surface area contributed by atoms with Crippen molar-refractivity contribution in [1.29, 1.82) is 0 Å². The van der Waals surface area contributed by atoms with Gasteiger partial charge in [0.25, 0.3) is 5.91 Å². The summed E-state index contributed by atoms with van der Waals surface area (Å²) < 4.78 is 58.0. The number of carbonyl (C=O) groups excluding carboxylic acids is 2. The highest BCUT2D eigenvalue weighted by atomic mass is 19.4. The van der Waals surface area contributed by atoms with Crippen molar-refractivity contribution < 1.29 is 31.9 Å². The van der Waals surface area contributed by atoms with E-state index in [-0.39, 0.29) is 17.2 Å². The van der Waals surface area contributed by atoms with E-state index in [1.807, 2.05) is 24.1 Å². The number of alkyl halides is 3. The van der Waals surface area contributed by atoms with Gasteiger partial charge in [0.15, 0.2) is 17.9 Å². The van der Waals surface area contributed by atoms with Crippen LogP contribution in [0.25, 0.3) is 0 Å². The Hall–Kier alpha value is -3.72. The minimum atomic E-state index is -4.68. The summed E-state index contributed by atoms with van der Waals surface area (Å²) in [5, 5.41) is 2.55. The van der Waals surface area contributed by atoms with E-state index in [0.29, 0.717) is 42.6 Å². The number of halogens is 4. The van der Waals surface area contributed by atoms with Gasteiger partial charge in [-0.3, -0.25) is 14.5 Å². The lowest BCUT2D eigenvalue weighted by Crippen LogP contribution is -2.19. The van der Waals surface area contributed by atoms with E-state index < -0.39 is 23.3 Å². The second-order valence-corrected chi connectivity index (χ2v) is 7.64. The number of benzene rings is 3. The van der Waals surface area contributed by atoms with Gasteiger partial charge in [-0.1, -0.05) is 24.3 Å². The first-order valence-corrected chi connectivity index (χ1v) is 10.2. The van der Waals surface area contributed by atoms with Gasteiger partial charge in [0.05, 0.1) is 11.1 Å². The predicted molar refractivity (Wildman–Crippen MR) is 118 cm³/mol. The topological polar surface area (TPSA) is 58.6 Å². The van der Waals surface area contributed by atoms with Crippen molar-refractivity contribution in [1.82, 2.24) is 10.2 Å². The Labute approximate surface area is 194 Å². The molecule has 9 heteroatoms. The lowest BCUT2D eigenvalue weighted by molar-refractivity contribution is -0.137. The molecule has 1 N–H and O–H groups in total. The van der Waals surface area contributed by atoms with E-state index in [1.54, 1.807) is 31.3 Å². The molecule has 3 aromatic carbocycles. The fraction of sp³-hybridized carbons (Fsp3) is 0.200. The minimum Gasteiger partial charge on any atom is -0.454 e. The van der Waals surface area contributed by atoms with Crippen molar-refractivity contribution in [3.8, 4) is 11.5 Å². The Morgan fingerprint density at radius 1 is 1.03 bits per heavy atom. The molecule has 1 amide bonds. The highest BCUT2D eigenvalue weighted by Gasteiger charge is 2.31. The summed E-state index contributed by atoms with van der Waals surface area (Å²) in [5.41, 5.74) is 1.12. The summed E-state index contributed by atoms with van der Waals surface area (Å²) in [7, 11) is 3.39. The molecule has 0 fully saturated rings. The summed E-state index contributed by atoms with van der Waals surface area (Å²) in [6.07, 6.45) is -4.11. The third kappa shape index (κ3) is 5.99. The van der Waals surface area contributed by atoms with Crippen LogP contribution in [-0.2, 0) is 19.3 Å². The first kappa shape index (κ1) is 24.9. The van der Waals surface area contributed by atoms with Gasteiger partial charge in [-0.05, 0) is 54.6 Å². The maximum atomic E-state index is 14.2. The number of amides is 1. The van der Waals surface area contributed by atoms with Crippen LogP contribution in [0.1, 0.15) is 37.4 Å². The van der Waals surface area contributed by atoms with Gasteiger partial charge in [0, 0.05) is 25.7 Å². The zero-order chi connectivity index (χ0) is 24.9. The Bertz CT molecular complexity index is 1180. The lowest BCUT2D eigenvalue weighted by atomic mass is 10.1. The van der Waals surface area contributed by atoms with Gasteiger partial charge >= 0.3 is 6.18 Å². The number of hydrogen-bond acceptors (Lipinski definition) is 4. The molecular formula is C25H22F4N2O3. The SMILES string of the molecule is CNC(=O)c1ccc(CN(C)Cc2cccc(Oc3ccc(C(F)(F)F)cc3F)c2C=O)cc1. The van der Waals surface area contributed by atoms with E-state index in [0.717, 1.165) is 11.6 Å². The molecule has 0 saturated carbocycles. The van der Waals surface area contributed by atoms with Gasteiger partial charge in [0.2, 0.25) is 0 Å². The molecule has 0 aliphatic heterocycles. The molecule has 0 aliphatic rings. The fourth-order valence-electron chi connectivity index (χ4n) is 3.39. The summed E-state index contributed by atoms with van der Waals surface area (Å²) in [6, 6.07) is 13.8. The molecule has 3 aromatic rings. The third-order valence-electron chi connectivity index (χ3n) is 5.09. The second-order valence-electron chi connectivity index (χ2n) is 7.64. The number of hydrogen-bond donors (Lipinski definition) is 1. The lowest BCUT2D eigenvalue weighted by Gasteiger charge is -2.19. The maximum Gasteiger partial charge on any atom is 0.416 e. The van der Waals surface area contributed by atoms with Crippen molar-refractivity contribution in [2.45, 2.75) is 19.3 Å². The average molecular weight is 474 g/mol. The number of ether oxygens (including phenoxy) is 1. The smallest absolute Gasteiger partial charge is 0.416 e. The van der Waals surface area contributed by atoms with Crippen LogP contribution in [0.4, 0.5) is 17.6 Å². The summed E-state index contributed by atoms with van der Waals surface area (Å²) in [5.74, 6) is -1.75. The molecule has 0 radical (unpaired) electrons. The van der Waals surface area contributed by atoms with Gasteiger partial charge in [-0.2, -0.15) is 13.2 Å². The highest BCUT2D eigenvalue weighted by molar-refractivity contribution is 5.93. The Morgan fingerprint density at radius 2 is 1.74 bits per heavy atom. The largest absolute Gasteiger partial charge is 0.454 e. The molecule has 5 nitrogen and oxygen atoms in total. The van der Waals surface area contributed by atoms with Crippen molar-refractivity contribution in [3.05, 3.63) is 94.3 Å². The van der Waals surface area contributed by atoms with Crippen LogP contribution in [0.5, 0.6) is 11.5 Å². The van der Waals surface area contributed by atoms with Gasteiger partial charge in [-0.15, -0.1) is 0 Å². The molecule has 3 rings (SSSR count). The first-order valence-electron chi connectivity index (χ1n) is 10.2. The van der Waals surface area contributed by atoms with E-state index >= 15 is 0 Å². The van der Waals surface area contributed by atoms with E-state index in [9.17, 15) is 27.2 Å². The third-order valence-corrected chi connectivity index (χ3v) is 5.09. The summed E-state index contributed by atoms with van der Waals surface area (Å²) in [6.45, 7) is 0.864. The van der Waals surface area contributed by atoms with Crippen LogP contribution >= 0.6 is 0 Å². The van der Waals surface area contributed by atoms with Gasteiger partial charge < -0.3 is 10.1 Å². The molecule has 0 heterocycles. The highest BCUT2D eigenvalue weighted by Crippen LogP contribution is 2.34. The quantitative estimate of drug-likeness (QED) is 0.349. The Morgan fingerprint density at radius 3 is 2.32 bits per heavy atom. The molecule has 34 heavy (non-hydrogen) atoms. The van der Waals surface area contributed by atoms with Crippen LogP contribution in [0.15, 0.2) is 60.7 Å². The number of rotatable bonds is 8. The average Bonchev–Trinajstić information content (AvgIpc) is 2.79. The number of nitrogens with one attached hydrogen (secondary N) is 1. The molecule has 0 spiro atoms. The summed E-state index contributed by atoms with van der Waals surface area (Å²) in [4.78, 5) is 25.4. The molecule has 0 saturated heterocycles. The van der Waals surface area contributed by atoms with Crippen LogP contribution < -0.4 is 10.1 Å². The molecule has 178 valence electrons. The summed E-state index contributed by atoms with van der Waals surface area (Å²) >= 11 is 0. The second kappa shape index (κ2) is 10.5. The Kier molecular flexibility index (Phi) is 7.68. The standard InChI is InChI=1S/C25H22F4N2O3/c1-30-24(33)17-8-6-16(7-9-17)13-31(2)14-18-4-3-5-22(20(18)15-32)34-23-11-10-19(12-21(23)26)25(27,28)29/h3-12,15H,13-14H2,1-2H3,(H,30,33). The monoisotopic (exact) mass is 474 g/mol. The molecule has 0 aromatic heterocycles. The zero-order valence-electron chi connectivity index (χ0n) is 18.4. The van der Waals surface area contributed by atoms with Crippen LogP contribution in [0.3, 0.4) is 0 Å². The molecule has 0 bridgehead atoms. The number of nitrogens with zero attached hydrogens (tertiary/aromatic N) is 1. The first-order chi connectivity index (χ1) is 16.1. The van der Waals surface area contributed by atoms with E-state index in [2.05, 4.69) is 5.32 Å². The van der Waals surface area contributed by atoms with Crippen molar-refractivity contribution >= 4 is 12.2 Å². The minimum absolute atomic E-state index is 0.0366. The van der Waals surface area contributed by atoms with E-state index in [4.69, 9.17) is 4.74 Å². The maximum absolute atomic E-state index is 14.2. The normalized spacial score (nSPS) is 11.4. The number of aldehydes is 1. The van der Waals surface area contributed by atoms with Crippen LogP contribution in [-0.4, -0.2) is 31.2 Å². The molecule has 0 unspecified atom stereocenters. The number of carbonyl (C=O) groups is 2. The van der Waals surface area contributed by atoms with Crippen molar-refractivity contribution in [2.24, 2.45) is 0 Å². The van der Waals surface area contributed by atoms with Crippen molar-refractivity contribution in [3.63, 3.8) is 0 Å². The van der Waals surface area contributed by atoms with Crippen LogP contribution in [0, 0.1) is 5.82 Å². The fourth-order valence-corrected chi connectivity index (χ4v) is 3.39. The molecule has 0 atom stereocenters.